The van der Waals surface area contributed by atoms with Gasteiger partial charge in [0, 0.05) is 29.4 Å². The van der Waals surface area contributed by atoms with Gasteiger partial charge in [0.2, 0.25) is 5.91 Å². The molecule has 1 aliphatic carbocycles. The SMILES string of the molecule is O=C(Nc1cnccc1-c1ccccc1)c1ccnc(NC(=O)[C@@H]2C[C@H]2c2ccccc2)c1. The third-order valence-electron chi connectivity index (χ3n) is 5.78. The molecule has 2 aromatic heterocycles. The van der Waals surface area contributed by atoms with E-state index in [0.29, 0.717) is 17.1 Å². The molecule has 1 aliphatic rings. The van der Waals surface area contributed by atoms with E-state index in [1.165, 1.54) is 11.8 Å². The number of nitrogens with one attached hydrogen (secondary N) is 2. The standard InChI is InChI=1S/C27H22N4O2/c32-26(30-24-17-28-13-12-21(24)18-7-3-1-4-8-18)20-11-14-29-25(15-20)31-27(33)23-16-22(23)19-9-5-2-6-10-19/h1-15,17,22-23H,16H2,(H,30,32)(H,29,31,33)/t22-,23+/m0/s1. The molecule has 6 nitrogen and oxygen atoms in total. The second kappa shape index (κ2) is 9.04. The lowest BCUT2D eigenvalue weighted by Crippen LogP contribution is -2.17. The van der Waals surface area contributed by atoms with Crippen LogP contribution in [0.5, 0.6) is 0 Å². The Kier molecular flexibility index (Phi) is 5.64. The number of nitrogens with zero attached hydrogens (tertiary/aromatic N) is 2. The Morgan fingerprint density at radius 2 is 1.61 bits per heavy atom. The highest BCUT2D eigenvalue weighted by Gasteiger charge is 2.43. The van der Waals surface area contributed by atoms with E-state index in [1.807, 2.05) is 66.7 Å². The average molecular weight is 434 g/mol. The summed E-state index contributed by atoms with van der Waals surface area (Å²) in [6, 6.07) is 24.9. The van der Waals surface area contributed by atoms with E-state index in [9.17, 15) is 9.59 Å². The van der Waals surface area contributed by atoms with Gasteiger partial charge >= 0.3 is 0 Å². The van der Waals surface area contributed by atoms with Crippen LogP contribution in [0, 0.1) is 5.92 Å². The van der Waals surface area contributed by atoms with Gasteiger partial charge in [-0.1, -0.05) is 60.7 Å². The van der Waals surface area contributed by atoms with E-state index in [0.717, 1.165) is 17.5 Å². The summed E-state index contributed by atoms with van der Waals surface area (Å²) in [6.07, 6.45) is 5.66. The van der Waals surface area contributed by atoms with Crippen molar-refractivity contribution in [1.82, 2.24) is 9.97 Å². The van der Waals surface area contributed by atoms with Crippen molar-refractivity contribution in [3.63, 3.8) is 0 Å². The molecule has 1 saturated carbocycles. The molecule has 162 valence electrons. The number of amides is 2. The topological polar surface area (TPSA) is 84.0 Å². The molecule has 0 unspecified atom stereocenters. The molecule has 2 N–H and O–H groups in total. The number of carbonyl (C=O) groups is 2. The van der Waals surface area contributed by atoms with Crippen LogP contribution in [-0.2, 0) is 4.79 Å². The van der Waals surface area contributed by atoms with Crippen LogP contribution in [0.2, 0.25) is 0 Å². The predicted molar refractivity (Wildman–Crippen MR) is 128 cm³/mol. The van der Waals surface area contributed by atoms with Gasteiger partial charge in [-0.2, -0.15) is 0 Å². The maximum Gasteiger partial charge on any atom is 0.255 e. The van der Waals surface area contributed by atoms with E-state index in [-0.39, 0.29) is 23.7 Å². The zero-order chi connectivity index (χ0) is 22.6. The van der Waals surface area contributed by atoms with Gasteiger partial charge in [-0.15, -0.1) is 0 Å². The van der Waals surface area contributed by atoms with Crippen molar-refractivity contribution in [2.24, 2.45) is 5.92 Å². The summed E-state index contributed by atoms with van der Waals surface area (Å²) >= 11 is 0. The monoisotopic (exact) mass is 434 g/mol. The quantitative estimate of drug-likeness (QED) is 0.440. The molecule has 2 atom stereocenters. The molecule has 4 aromatic rings. The minimum Gasteiger partial charge on any atom is -0.320 e. The molecule has 5 rings (SSSR count). The first-order valence-corrected chi connectivity index (χ1v) is 10.8. The Balaban J connectivity index is 1.27. The van der Waals surface area contributed by atoms with Gasteiger partial charge in [-0.25, -0.2) is 4.98 Å². The van der Waals surface area contributed by atoms with E-state index in [1.54, 1.807) is 24.5 Å². The van der Waals surface area contributed by atoms with Crippen molar-refractivity contribution >= 4 is 23.3 Å². The van der Waals surface area contributed by atoms with Crippen molar-refractivity contribution in [2.45, 2.75) is 12.3 Å². The summed E-state index contributed by atoms with van der Waals surface area (Å²) in [6.45, 7) is 0. The fourth-order valence-corrected chi connectivity index (χ4v) is 3.97. The molecular formula is C27H22N4O2. The second-order valence-electron chi connectivity index (χ2n) is 8.02. The van der Waals surface area contributed by atoms with Gasteiger partial charge in [0.25, 0.3) is 5.91 Å². The maximum absolute atomic E-state index is 12.9. The van der Waals surface area contributed by atoms with Crippen LogP contribution >= 0.6 is 0 Å². The third kappa shape index (κ3) is 4.65. The van der Waals surface area contributed by atoms with Gasteiger partial charge in [0.15, 0.2) is 0 Å². The zero-order valence-electron chi connectivity index (χ0n) is 17.8. The van der Waals surface area contributed by atoms with Gasteiger partial charge in [0.1, 0.15) is 5.82 Å². The lowest BCUT2D eigenvalue weighted by molar-refractivity contribution is -0.117. The molecule has 2 heterocycles. The normalized spacial score (nSPS) is 16.6. The number of benzene rings is 2. The molecule has 0 bridgehead atoms. The summed E-state index contributed by atoms with van der Waals surface area (Å²) in [5, 5.41) is 5.79. The van der Waals surface area contributed by atoms with E-state index >= 15 is 0 Å². The fraction of sp³-hybridized carbons (Fsp3) is 0.111. The van der Waals surface area contributed by atoms with Crippen LogP contribution in [0.15, 0.2) is 97.5 Å². The van der Waals surface area contributed by atoms with Crippen LogP contribution in [0.3, 0.4) is 0 Å². The first-order valence-electron chi connectivity index (χ1n) is 10.8. The lowest BCUT2D eigenvalue weighted by Gasteiger charge is -2.11. The van der Waals surface area contributed by atoms with Crippen LogP contribution in [0.25, 0.3) is 11.1 Å². The summed E-state index contributed by atoms with van der Waals surface area (Å²) in [4.78, 5) is 34.0. The number of hydrogen-bond donors (Lipinski definition) is 2. The van der Waals surface area contributed by atoms with Crippen molar-refractivity contribution in [1.29, 1.82) is 0 Å². The maximum atomic E-state index is 12.9. The number of pyridine rings is 2. The molecule has 0 saturated heterocycles. The second-order valence-corrected chi connectivity index (χ2v) is 8.02. The summed E-state index contributed by atoms with van der Waals surface area (Å²) in [7, 11) is 0. The van der Waals surface area contributed by atoms with Gasteiger partial charge < -0.3 is 10.6 Å². The van der Waals surface area contributed by atoms with Crippen LogP contribution in [0.4, 0.5) is 11.5 Å². The highest BCUT2D eigenvalue weighted by atomic mass is 16.2. The molecule has 0 aliphatic heterocycles. The van der Waals surface area contributed by atoms with Crippen LogP contribution in [-0.4, -0.2) is 21.8 Å². The number of aromatic nitrogens is 2. The van der Waals surface area contributed by atoms with E-state index in [2.05, 4.69) is 20.6 Å². The first-order chi connectivity index (χ1) is 16.2. The van der Waals surface area contributed by atoms with Gasteiger partial charge in [-0.05, 0) is 41.7 Å². The molecule has 0 radical (unpaired) electrons. The van der Waals surface area contributed by atoms with E-state index < -0.39 is 0 Å². The van der Waals surface area contributed by atoms with Crippen molar-refractivity contribution in [3.05, 3.63) is 109 Å². The van der Waals surface area contributed by atoms with Gasteiger partial charge in [0.05, 0.1) is 11.9 Å². The zero-order valence-corrected chi connectivity index (χ0v) is 17.8. The molecule has 6 heteroatoms. The highest BCUT2D eigenvalue weighted by molar-refractivity contribution is 6.07. The number of rotatable bonds is 6. The van der Waals surface area contributed by atoms with Gasteiger partial charge in [-0.3, -0.25) is 14.6 Å². The molecule has 2 amide bonds. The number of anilines is 2. The molecule has 1 fully saturated rings. The average Bonchev–Trinajstić information content (AvgIpc) is 3.67. The Morgan fingerprint density at radius 1 is 0.848 bits per heavy atom. The summed E-state index contributed by atoms with van der Waals surface area (Å²) in [5.41, 5.74) is 4.04. The van der Waals surface area contributed by atoms with Crippen molar-refractivity contribution in [2.75, 3.05) is 10.6 Å². The van der Waals surface area contributed by atoms with Crippen LogP contribution in [0.1, 0.15) is 28.3 Å². The number of hydrogen-bond acceptors (Lipinski definition) is 4. The predicted octanol–water partition coefficient (Wildman–Crippen LogP) is 5.14. The van der Waals surface area contributed by atoms with Crippen molar-refractivity contribution in [3.8, 4) is 11.1 Å². The smallest absolute Gasteiger partial charge is 0.255 e. The highest BCUT2D eigenvalue weighted by Crippen LogP contribution is 2.47. The minimum atomic E-state index is -0.299. The van der Waals surface area contributed by atoms with Crippen molar-refractivity contribution < 1.29 is 9.59 Å². The Labute approximate surface area is 191 Å². The first kappa shape index (κ1) is 20.6. The van der Waals surface area contributed by atoms with Crippen LogP contribution < -0.4 is 10.6 Å². The Morgan fingerprint density at radius 3 is 2.39 bits per heavy atom. The summed E-state index contributed by atoms with van der Waals surface area (Å²) < 4.78 is 0. The molecule has 33 heavy (non-hydrogen) atoms. The summed E-state index contributed by atoms with van der Waals surface area (Å²) in [5.74, 6) is 0.148. The minimum absolute atomic E-state index is 0.0736. The lowest BCUT2D eigenvalue weighted by atomic mass is 10.1. The molecular weight excluding hydrogens is 412 g/mol. The molecule has 0 spiro atoms. The fourth-order valence-electron chi connectivity index (χ4n) is 3.97. The Bertz CT molecular complexity index is 1290. The van der Waals surface area contributed by atoms with E-state index in [4.69, 9.17) is 0 Å². The number of carbonyl (C=O) groups excluding carboxylic acids is 2. The third-order valence-corrected chi connectivity index (χ3v) is 5.78. The largest absolute Gasteiger partial charge is 0.320 e. The Hall–Kier alpha value is -4.32. The molecule has 2 aromatic carbocycles.